The molecule has 0 aliphatic rings. The van der Waals surface area contributed by atoms with Crippen LogP contribution >= 0.6 is 22.9 Å². The van der Waals surface area contributed by atoms with Crippen LogP contribution in [0.2, 0.25) is 0 Å². The van der Waals surface area contributed by atoms with Gasteiger partial charge in [0.15, 0.2) is 0 Å². The summed E-state index contributed by atoms with van der Waals surface area (Å²) in [6.45, 7) is 3.38. The van der Waals surface area contributed by atoms with E-state index in [-0.39, 0.29) is 29.8 Å². The van der Waals surface area contributed by atoms with Gasteiger partial charge in [0.25, 0.3) is 0 Å². The van der Waals surface area contributed by atoms with Gasteiger partial charge in [-0.05, 0) is 36.4 Å². The second-order valence-corrected chi connectivity index (χ2v) is 10.1. The van der Waals surface area contributed by atoms with Gasteiger partial charge in [0.05, 0.1) is 15.7 Å². The van der Waals surface area contributed by atoms with E-state index in [2.05, 4.69) is 20.3 Å². The van der Waals surface area contributed by atoms with Crippen molar-refractivity contribution in [1.82, 2.24) is 9.71 Å². The van der Waals surface area contributed by atoms with Crippen LogP contribution < -0.4 is 15.4 Å². The number of rotatable bonds is 9. The molecule has 0 unspecified atom stereocenters. The van der Waals surface area contributed by atoms with Gasteiger partial charge in [-0.1, -0.05) is 13.0 Å². The Labute approximate surface area is 206 Å². The van der Waals surface area contributed by atoms with E-state index in [0.717, 1.165) is 5.56 Å². The van der Waals surface area contributed by atoms with Gasteiger partial charge in [-0.15, -0.1) is 22.9 Å². The monoisotopic (exact) mass is 522 g/mol. The number of amides is 2. The van der Waals surface area contributed by atoms with Crippen LogP contribution in [0.3, 0.4) is 0 Å². The van der Waals surface area contributed by atoms with E-state index in [1.54, 1.807) is 49.5 Å². The highest BCUT2D eigenvalue weighted by Gasteiger charge is 2.21. The Morgan fingerprint density at radius 3 is 2.44 bits per heavy atom. The molecule has 1 aromatic heterocycles. The zero-order valence-electron chi connectivity index (χ0n) is 18.4. The third kappa shape index (κ3) is 6.54. The standard InChI is InChI=1S/C22H23ClN4O5S2/c1-3-25-34(30,31)20-12-17(26-14(2)28)8-9-18(20)19-13-24-21(33-19)15-4-6-16(7-5-15)27-22(29)32-11-10-23/h4-9,12-13,25H,3,10-11H2,1-2H3,(H,26,28)(H,27,29). The van der Waals surface area contributed by atoms with E-state index in [4.69, 9.17) is 16.3 Å². The number of aromatic nitrogens is 1. The maximum Gasteiger partial charge on any atom is 0.411 e. The van der Waals surface area contributed by atoms with Gasteiger partial charge in [0.2, 0.25) is 15.9 Å². The second-order valence-electron chi connectivity index (χ2n) is 6.95. The first kappa shape index (κ1) is 25.6. The number of carbonyl (C=O) groups excluding carboxylic acids is 2. The van der Waals surface area contributed by atoms with Crippen LogP contribution in [0, 0.1) is 0 Å². The summed E-state index contributed by atoms with van der Waals surface area (Å²) >= 11 is 6.82. The Kier molecular flexibility index (Phi) is 8.61. The lowest BCUT2D eigenvalue weighted by atomic mass is 10.2. The molecule has 0 saturated heterocycles. The first-order valence-corrected chi connectivity index (χ1v) is 13.0. The van der Waals surface area contributed by atoms with Gasteiger partial charge in [-0.25, -0.2) is 22.9 Å². The number of nitrogens with one attached hydrogen (secondary N) is 3. The average molecular weight is 523 g/mol. The third-order valence-electron chi connectivity index (χ3n) is 4.39. The molecule has 3 aromatic rings. The van der Waals surface area contributed by atoms with Crippen molar-refractivity contribution in [3.8, 4) is 21.0 Å². The molecule has 12 heteroatoms. The van der Waals surface area contributed by atoms with Gasteiger partial charge in [-0.2, -0.15) is 0 Å². The van der Waals surface area contributed by atoms with Gasteiger partial charge in [0, 0.05) is 42.2 Å². The Morgan fingerprint density at radius 1 is 1.09 bits per heavy atom. The number of alkyl halides is 1. The summed E-state index contributed by atoms with van der Waals surface area (Å²) in [6.07, 6.45) is 1.01. The fourth-order valence-electron chi connectivity index (χ4n) is 3.01. The van der Waals surface area contributed by atoms with E-state index >= 15 is 0 Å². The smallest absolute Gasteiger partial charge is 0.411 e. The summed E-state index contributed by atoms with van der Waals surface area (Å²) < 4.78 is 33.1. The summed E-state index contributed by atoms with van der Waals surface area (Å²) in [5, 5.41) is 5.88. The number of anilines is 2. The summed E-state index contributed by atoms with van der Waals surface area (Å²) in [4.78, 5) is 28.2. The van der Waals surface area contributed by atoms with Crippen molar-refractivity contribution in [1.29, 1.82) is 0 Å². The highest BCUT2D eigenvalue weighted by atomic mass is 35.5. The number of thiazole rings is 1. The van der Waals surface area contributed by atoms with Gasteiger partial charge < -0.3 is 10.1 Å². The van der Waals surface area contributed by atoms with Crippen molar-refractivity contribution >= 4 is 56.3 Å². The molecule has 0 atom stereocenters. The SMILES string of the molecule is CCNS(=O)(=O)c1cc(NC(C)=O)ccc1-c1cnc(-c2ccc(NC(=O)OCCCl)cc2)s1. The predicted molar refractivity (Wildman–Crippen MR) is 134 cm³/mol. The summed E-state index contributed by atoms with van der Waals surface area (Å²) in [5.41, 5.74) is 2.19. The third-order valence-corrected chi connectivity index (χ3v) is 7.21. The Morgan fingerprint density at radius 2 is 1.79 bits per heavy atom. The van der Waals surface area contributed by atoms with E-state index < -0.39 is 16.1 Å². The maximum atomic E-state index is 12.8. The molecule has 2 aromatic carbocycles. The zero-order valence-corrected chi connectivity index (χ0v) is 20.8. The minimum Gasteiger partial charge on any atom is -0.448 e. The van der Waals surface area contributed by atoms with Gasteiger partial charge in [-0.3, -0.25) is 10.1 Å². The van der Waals surface area contributed by atoms with Gasteiger partial charge >= 0.3 is 6.09 Å². The fourth-order valence-corrected chi connectivity index (χ4v) is 5.40. The topological polar surface area (TPSA) is 126 Å². The van der Waals surface area contributed by atoms with Crippen molar-refractivity contribution in [2.75, 3.05) is 29.7 Å². The number of ether oxygens (including phenoxy) is 1. The highest BCUT2D eigenvalue weighted by molar-refractivity contribution is 7.89. The average Bonchev–Trinajstić information content (AvgIpc) is 3.28. The molecule has 9 nitrogen and oxygen atoms in total. The van der Waals surface area contributed by atoms with Crippen LogP contribution in [-0.4, -0.2) is 44.4 Å². The molecule has 34 heavy (non-hydrogen) atoms. The van der Waals surface area contributed by atoms with Crippen LogP contribution in [0.1, 0.15) is 13.8 Å². The van der Waals surface area contributed by atoms with Crippen molar-refractivity contribution in [3.05, 3.63) is 48.7 Å². The highest BCUT2D eigenvalue weighted by Crippen LogP contribution is 2.37. The van der Waals surface area contributed by atoms with Crippen molar-refractivity contribution in [2.45, 2.75) is 18.7 Å². The zero-order chi connectivity index (χ0) is 24.7. The second kappa shape index (κ2) is 11.4. The number of nitrogens with zero attached hydrogens (tertiary/aromatic N) is 1. The molecule has 2 amide bonds. The van der Waals surface area contributed by atoms with Crippen LogP contribution in [0.5, 0.6) is 0 Å². The van der Waals surface area contributed by atoms with Crippen LogP contribution in [0.4, 0.5) is 16.2 Å². The molecule has 0 fully saturated rings. The number of hydrogen-bond donors (Lipinski definition) is 3. The molecule has 0 radical (unpaired) electrons. The molecule has 180 valence electrons. The largest absolute Gasteiger partial charge is 0.448 e. The summed E-state index contributed by atoms with van der Waals surface area (Å²) in [6, 6.07) is 11.7. The molecule has 1 heterocycles. The van der Waals surface area contributed by atoms with Crippen LogP contribution in [0.15, 0.2) is 53.6 Å². The lowest BCUT2D eigenvalue weighted by Crippen LogP contribution is -2.24. The quantitative estimate of drug-likeness (QED) is 0.355. The molecule has 0 bridgehead atoms. The molecule has 0 aliphatic heterocycles. The van der Waals surface area contributed by atoms with E-state index in [9.17, 15) is 18.0 Å². The van der Waals surface area contributed by atoms with Crippen molar-refractivity contribution in [3.63, 3.8) is 0 Å². The first-order valence-electron chi connectivity index (χ1n) is 10.2. The maximum absolute atomic E-state index is 12.8. The predicted octanol–water partition coefficient (Wildman–Crippen LogP) is 4.52. The molecule has 0 aliphatic carbocycles. The molecule has 3 N–H and O–H groups in total. The number of halogens is 1. The minimum absolute atomic E-state index is 0.0470. The molecule has 0 saturated carbocycles. The van der Waals surface area contributed by atoms with Crippen molar-refractivity contribution in [2.24, 2.45) is 0 Å². The number of sulfonamides is 1. The van der Waals surface area contributed by atoms with Crippen molar-refractivity contribution < 1.29 is 22.7 Å². The van der Waals surface area contributed by atoms with E-state index in [1.807, 2.05) is 0 Å². The number of benzene rings is 2. The minimum atomic E-state index is -3.81. The van der Waals surface area contributed by atoms with E-state index in [1.165, 1.54) is 24.3 Å². The number of carbonyl (C=O) groups is 2. The molecule has 0 spiro atoms. The molecular weight excluding hydrogens is 500 g/mol. The lowest BCUT2D eigenvalue weighted by molar-refractivity contribution is -0.114. The Hall–Kier alpha value is -2.99. The Balaban J connectivity index is 1.89. The van der Waals surface area contributed by atoms with E-state index in [0.29, 0.717) is 26.8 Å². The van der Waals surface area contributed by atoms with Crippen LogP contribution in [0.25, 0.3) is 21.0 Å². The molecular formula is C22H23ClN4O5S2. The van der Waals surface area contributed by atoms with Crippen LogP contribution in [-0.2, 0) is 19.6 Å². The van der Waals surface area contributed by atoms with Gasteiger partial charge in [0.1, 0.15) is 11.6 Å². The fraction of sp³-hybridized carbons (Fsp3) is 0.227. The number of hydrogen-bond acceptors (Lipinski definition) is 7. The summed E-state index contributed by atoms with van der Waals surface area (Å²) in [5.74, 6) is -0.0865. The molecule has 3 rings (SSSR count). The summed E-state index contributed by atoms with van der Waals surface area (Å²) in [7, 11) is -3.81. The lowest BCUT2D eigenvalue weighted by Gasteiger charge is -2.12. The first-order chi connectivity index (χ1) is 16.2. The Bertz CT molecular complexity index is 1280. The normalized spacial score (nSPS) is 11.1.